The molecule has 0 radical (unpaired) electrons. The molecule has 16 nitrogen and oxygen atoms in total. The molecule has 3 aromatic carbocycles. The molecule has 5 heterocycles. The van der Waals surface area contributed by atoms with E-state index in [2.05, 4.69) is 25.6 Å². The van der Waals surface area contributed by atoms with Crippen molar-refractivity contribution in [2.24, 2.45) is 0 Å². The highest BCUT2D eigenvalue weighted by Crippen LogP contribution is 2.36. The fraction of sp³-hybridized carbons (Fsp3) is 0.326. The highest BCUT2D eigenvalue weighted by atomic mass is 16.5. The minimum atomic E-state index is -0.901. The smallest absolute Gasteiger partial charge is 0.407 e. The predicted molar refractivity (Wildman–Crippen MR) is 216 cm³/mol. The summed E-state index contributed by atoms with van der Waals surface area (Å²) < 4.78 is 15.8. The lowest BCUT2D eigenvalue weighted by Gasteiger charge is -2.28. The van der Waals surface area contributed by atoms with Crippen LogP contribution in [0.2, 0.25) is 0 Å². The number of rotatable bonds is 11. The zero-order valence-electron chi connectivity index (χ0n) is 32.9. The van der Waals surface area contributed by atoms with E-state index in [1.165, 1.54) is 14.2 Å². The van der Waals surface area contributed by atoms with Crippen LogP contribution in [0.15, 0.2) is 89.6 Å². The number of alkyl carbamates (subject to hydrolysis) is 2. The van der Waals surface area contributed by atoms with E-state index in [1.54, 1.807) is 34.3 Å². The predicted octanol–water partition coefficient (Wildman–Crippen LogP) is 6.83. The first-order valence-electron chi connectivity index (χ1n) is 19.7. The number of amides is 4. The molecule has 8 rings (SSSR count). The third-order valence-corrected chi connectivity index (χ3v) is 11.0. The molecule has 6 aromatic rings. The second-order valence-corrected chi connectivity index (χ2v) is 14.6. The Balaban J connectivity index is 0.952. The van der Waals surface area contributed by atoms with Crippen LogP contribution in [0.5, 0.6) is 0 Å². The van der Waals surface area contributed by atoms with Crippen molar-refractivity contribution < 1.29 is 33.1 Å². The SMILES string of the molecule is CCC(NC(=O)OC)C(=O)N1CCCC1c1ncc(-c2ccc(-c3nc4ccc(-c5cnc(C6CCCN6C(=O)C(NC(=O)OC)c6ccccc6)[nH]5)cc4o3)cc2)[nH]1. The van der Waals surface area contributed by atoms with Crippen molar-refractivity contribution >= 4 is 35.1 Å². The average molecular weight is 800 g/mol. The number of carbonyl (C=O) groups is 4. The van der Waals surface area contributed by atoms with Crippen LogP contribution in [0.4, 0.5) is 9.59 Å². The number of aromatic nitrogens is 5. The molecule has 2 saturated heterocycles. The lowest BCUT2D eigenvalue weighted by Crippen LogP contribution is -2.48. The minimum absolute atomic E-state index is 0.156. The fourth-order valence-corrected chi connectivity index (χ4v) is 7.96. The van der Waals surface area contributed by atoms with Gasteiger partial charge < -0.3 is 44.3 Å². The summed E-state index contributed by atoms with van der Waals surface area (Å²) in [6.45, 7) is 2.96. The topological polar surface area (TPSA) is 201 Å². The molecule has 4 N–H and O–H groups in total. The number of nitrogens with zero attached hydrogens (tertiary/aromatic N) is 5. The van der Waals surface area contributed by atoms with Crippen molar-refractivity contribution in [2.75, 3.05) is 27.3 Å². The molecule has 0 spiro atoms. The van der Waals surface area contributed by atoms with E-state index >= 15 is 0 Å². The van der Waals surface area contributed by atoms with Crippen LogP contribution in [0.3, 0.4) is 0 Å². The van der Waals surface area contributed by atoms with Gasteiger partial charge in [-0.2, -0.15) is 0 Å². The Morgan fingerprint density at radius 1 is 0.763 bits per heavy atom. The maximum atomic E-state index is 13.9. The van der Waals surface area contributed by atoms with Gasteiger partial charge in [-0.15, -0.1) is 0 Å². The first kappa shape index (κ1) is 38.9. The number of nitrogens with one attached hydrogen (secondary N) is 4. The van der Waals surface area contributed by atoms with Gasteiger partial charge in [0.1, 0.15) is 29.2 Å². The number of aromatic amines is 2. The molecule has 2 fully saturated rings. The van der Waals surface area contributed by atoms with Crippen LogP contribution < -0.4 is 10.6 Å². The molecule has 16 heteroatoms. The Labute approximate surface area is 339 Å². The molecule has 304 valence electrons. The van der Waals surface area contributed by atoms with Gasteiger partial charge in [0.25, 0.3) is 5.91 Å². The van der Waals surface area contributed by atoms with E-state index in [-0.39, 0.29) is 23.9 Å². The van der Waals surface area contributed by atoms with Crippen LogP contribution in [0.1, 0.15) is 74.4 Å². The second kappa shape index (κ2) is 16.9. The van der Waals surface area contributed by atoms with Gasteiger partial charge in [0.2, 0.25) is 11.8 Å². The molecule has 0 saturated carbocycles. The molecular weight excluding hydrogens is 755 g/mol. The van der Waals surface area contributed by atoms with Crippen LogP contribution in [0.25, 0.3) is 45.1 Å². The number of fused-ring (bicyclic) bond motifs is 1. The third kappa shape index (κ3) is 7.97. The number of benzene rings is 3. The molecule has 3 aromatic heterocycles. The average Bonchev–Trinajstić information content (AvgIpc) is 4.13. The molecule has 0 bridgehead atoms. The summed E-state index contributed by atoms with van der Waals surface area (Å²) in [5.41, 5.74) is 6.11. The summed E-state index contributed by atoms with van der Waals surface area (Å²) in [7, 11) is 2.55. The zero-order valence-corrected chi connectivity index (χ0v) is 32.9. The van der Waals surface area contributed by atoms with Gasteiger partial charge >= 0.3 is 12.2 Å². The first-order chi connectivity index (χ1) is 28.7. The molecule has 2 aliphatic heterocycles. The minimum Gasteiger partial charge on any atom is -0.453 e. The number of imidazole rings is 2. The number of hydrogen-bond acceptors (Lipinski definition) is 10. The summed E-state index contributed by atoms with van der Waals surface area (Å²) in [5, 5.41) is 5.34. The molecule has 2 aliphatic rings. The number of carbonyl (C=O) groups excluding carboxylic acids is 4. The highest BCUT2D eigenvalue weighted by molar-refractivity contribution is 5.88. The Morgan fingerprint density at radius 2 is 1.34 bits per heavy atom. The summed E-state index contributed by atoms with van der Waals surface area (Å²) in [6.07, 6.45) is 5.76. The van der Waals surface area contributed by atoms with Crippen LogP contribution >= 0.6 is 0 Å². The van der Waals surface area contributed by atoms with Crippen LogP contribution in [-0.4, -0.2) is 92.1 Å². The summed E-state index contributed by atoms with van der Waals surface area (Å²) in [5.74, 6) is 1.43. The van der Waals surface area contributed by atoms with E-state index in [9.17, 15) is 19.2 Å². The molecular formula is C43H45N9O7. The summed E-state index contributed by atoms with van der Waals surface area (Å²) >= 11 is 0. The lowest BCUT2D eigenvalue weighted by molar-refractivity contribution is -0.135. The van der Waals surface area contributed by atoms with Crippen molar-refractivity contribution in [1.29, 1.82) is 0 Å². The fourth-order valence-electron chi connectivity index (χ4n) is 7.96. The number of ether oxygens (including phenoxy) is 2. The Morgan fingerprint density at radius 3 is 1.97 bits per heavy atom. The van der Waals surface area contributed by atoms with E-state index in [0.29, 0.717) is 53.7 Å². The quantitative estimate of drug-likeness (QED) is 0.108. The zero-order chi connectivity index (χ0) is 41.0. The lowest BCUT2D eigenvalue weighted by atomic mass is 10.1. The maximum absolute atomic E-state index is 13.9. The number of likely N-dealkylation sites (tertiary alicyclic amines) is 2. The Hall–Kier alpha value is -6.97. The van der Waals surface area contributed by atoms with Crippen molar-refractivity contribution in [2.45, 2.75) is 63.2 Å². The van der Waals surface area contributed by atoms with Gasteiger partial charge in [0.05, 0.1) is 50.1 Å². The number of H-pyrrole nitrogens is 2. The van der Waals surface area contributed by atoms with Crippen molar-refractivity contribution in [3.05, 3.63) is 102 Å². The van der Waals surface area contributed by atoms with Crippen LogP contribution in [0, 0.1) is 0 Å². The normalized spacial score (nSPS) is 17.5. The number of methoxy groups -OCH3 is 2. The largest absolute Gasteiger partial charge is 0.453 e. The van der Waals surface area contributed by atoms with Gasteiger partial charge in [0, 0.05) is 24.2 Å². The van der Waals surface area contributed by atoms with Crippen molar-refractivity contribution in [3.8, 4) is 34.0 Å². The molecule has 4 atom stereocenters. The Bertz CT molecular complexity index is 2460. The second-order valence-electron chi connectivity index (χ2n) is 14.6. The highest BCUT2D eigenvalue weighted by Gasteiger charge is 2.38. The van der Waals surface area contributed by atoms with E-state index in [0.717, 1.165) is 53.8 Å². The molecule has 4 unspecified atom stereocenters. The van der Waals surface area contributed by atoms with E-state index in [4.69, 9.17) is 23.9 Å². The van der Waals surface area contributed by atoms with Crippen LogP contribution in [-0.2, 0) is 19.1 Å². The monoisotopic (exact) mass is 799 g/mol. The van der Waals surface area contributed by atoms with Gasteiger partial charge in [-0.3, -0.25) is 9.59 Å². The molecule has 59 heavy (non-hydrogen) atoms. The van der Waals surface area contributed by atoms with Gasteiger partial charge in [0.15, 0.2) is 5.58 Å². The van der Waals surface area contributed by atoms with Gasteiger partial charge in [-0.25, -0.2) is 24.5 Å². The standard InChI is InChI=1S/C43H45N9O7/c1-4-29(49-42(55)57-2)40(53)51-20-8-12-33(51)37-44-23-31(46-37)25-14-16-27(17-15-25)39-48-30-19-18-28(22-35(30)59-39)32-24-45-38(47-32)34-13-9-21-52(34)41(54)36(50-43(56)58-3)26-10-6-5-7-11-26/h5-7,10-11,14-19,22-24,29,33-34,36H,4,8-9,12-13,20-21H2,1-3H3,(H,44,46)(H,45,47)(H,49,55)(H,50,56). The first-order valence-corrected chi connectivity index (χ1v) is 19.7. The summed E-state index contributed by atoms with van der Waals surface area (Å²) in [4.78, 5) is 75.8. The van der Waals surface area contributed by atoms with E-state index < -0.39 is 24.3 Å². The maximum Gasteiger partial charge on any atom is 0.407 e. The number of oxazole rings is 1. The molecule has 0 aliphatic carbocycles. The van der Waals surface area contributed by atoms with Crippen molar-refractivity contribution in [1.82, 2.24) is 45.4 Å². The van der Waals surface area contributed by atoms with Gasteiger partial charge in [-0.05, 0) is 67.5 Å². The van der Waals surface area contributed by atoms with E-state index in [1.807, 2.05) is 67.6 Å². The number of hydrogen-bond donors (Lipinski definition) is 4. The Kier molecular flexibility index (Phi) is 11.1. The third-order valence-electron chi connectivity index (χ3n) is 11.0. The van der Waals surface area contributed by atoms with Gasteiger partial charge in [-0.1, -0.05) is 55.5 Å². The molecule has 4 amide bonds. The summed E-state index contributed by atoms with van der Waals surface area (Å²) in [6, 6.07) is 20.6. The van der Waals surface area contributed by atoms with Crippen molar-refractivity contribution in [3.63, 3.8) is 0 Å².